The molecule has 2 rings (SSSR count). The summed E-state index contributed by atoms with van der Waals surface area (Å²) in [6, 6.07) is 3.55. The van der Waals surface area contributed by atoms with Crippen molar-refractivity contribution < 1.29 is 15.0 Å². The summed E-state index contributed by atoms with van der Waals surface area (Å²) < 4.78 is 0. The first-order valence-corrected chi connectivity index (χ1v) is 8.14. The Morgan fingerprint density at radius 2 is 1.88 bits per heavy atom. The van der Waals surface area contributed by atoms with E-state index >= 15 is 0 Å². The van der Waals surface area contributed by atoms with Crippen LogP contribution < -0.4 is 11.1 Å². The van der Waals surface area contributed by atoms with E-state index in [1.54, 1.807) is 32.2 Å². The molecule has 0 bridgehead atoms. The number of hydrogen-bond acceptors (Lipinski definition) is 5. The molecule has 6 nitrogen and oxygen atoms in total. The predicted molar refractivity (Wildman–Crippen MR) is 96.2 cm³/mol. The van der Waals surface area contributed by atoms with Crippen molar-refractivity contribution in [2.75, 3.05) is 11.1 Å². The zero-order valence-corrected chi connectivity index (χ0v) is 14.7. The van der Waals surface area contributed by atoms with Crippen molar-refractivity contribution in [2.24, 2.45) is 10.9 Å². The van der Waals surface area contributed by atoms with Crippen LogP contribution >= 0.6 is 0 Å². The number of amides is 1. The fraction of sp³-hybridized carbons (Fsp3) is 0.556. The lowest BCUT2D eigenvalue weighted by Gasteiger charge is -2.40. The quantitative estimate of drug-likeness (QED) is 0.363. The molecule has 1 amide bonds. The van der Waals surface area contributed by atoms with Crippen molar-refractivity contribution in [2.45, 2.75) is 57.8 Å². The molecule has 1 aliphatic rings. The van der Waals surface area contributed by atoms with Gasteiger partial charge in [-0.15, -0.1) is 0 Å². The monoisotopic (exact) mass is 333 g/mol. The van der Waals surface area contributed by atoms with Gasteiger partial charge in [-0.3, -0.25) is 9.79 Å². The van der Waals surface area contributed by atoms with Gasteiger partial charge in [0.2, 0.25) is 6.41 Å². The highest BCUT2D eigenvalue weighted by Crippen LogP contribution is 2.38. The van der Waals surface area contributed by atoms with E-state index < -0.39 is 11.2 Å². The summed E-state index contributed by atoms with van der Waals surface area (Å²) in [5, 5.41) is 22.8. The highest BCUT2D eigenvalue weighted by Gasteiger charge is 2.38. The Bertz CT molecular complexity index is 636. The molecule has 0 spiro atoms. The maximum Gasteiger partial charge on any atom is 0.211 e. The van der Waals surface area contributed by atoms with Crippen molar-refractivity contribution in [3.8, 4) is 0 Å². The number of aliphatic hydroxyl groups is 2. The van der Waals surface area contributed by atoms with Crippen LogP contribution in [0.15, 0.2) is 17.1 Å². The minimum atomic E-state index is -1.12. The summed E-state index contributed by atoms with van der Waals surface area (Å²) in [6.45, 7) is 6.91. The van der Waals surface area contributed by atoms with E-state index in [0.717, 1.165) is 12.8 Å². The largest absolute Gasteiger partial charge is 0.398 e. The first-order chi connectivity index (χ1) is 11.0. The van der Waals surface area contributed by atoms with E-state index in [1.165, 1.54) is 0 Å². The Morgan fingerprint density at radius 3 is 2.38 bits per heavy atom. The molecule has 1 aliphatic carbocycles. The zero-order valence-electron chi connectivity index (χ0n) is 14.7. The smallest absolute Gasteiger partial charge is 0.211 e. The van der Waals surface area contributed by atoms with Crippen LogP contribution in [0.25, 0.3) is 0 Å². The molecule has 0 unspecified atom stereocenters. The van der Waals surface area contributed by atoms with Crippen molar-refractivity contribution in [3.63, 3.8) is 0 Å². The normalized spacial score (nSPS) is 21.6. The van der Waals surface area contributed by atoms with Gasteiger partial charge in [0.05, 0.1) is 17.2 Å². The number of carbonyl (C=O) groups is 1. The van der Waals surface area contributed by atoms with Crippen LogP contribution in [0.1, 0.15) is 51.7 Å². The second kappa shape index (κ2) is 6.53. The number of nitrogen functional groups attached to an aromatic ring is 1. The van der Waals surface area contributed by atoms with Crippen LogP contribution in [0.3, 0.4) is 0 Å². The maximum absolute atomic E-state index is 10.8. The lowest BCUT2D eigenvalue weighted by atomic mass is 9.71. The molecule has 1 aromatic carbocycles. The number of nitrogens with one attached hydrogen (secondary N) is 1. The molecule has 132 valence electrons. The molecule has 0 atom stereocenters. The van der Waals surface area contributed by atoms with Crippen LogP contribution in [0.2, 0.25) is 0 Å². The molecule has 0 heterocycles. The van der Waals surface area contributed by atoms with Gasteiger partial charge in [-0.2, -0.15) is 0 Å². The highest BCUT2D eigenvalue weighted by molar-refractivity contribution is 5.91. The van der Waals surface area contributed by atoms with E-state index in [-0.39, 0.29) is 12.0 Å². The Hall–Kier alpha value is -1.92. The zero-order chi connectivity index (χ0) is 18.1. The second-order valence-electron chi connectivity index (χ2n) is 7.60. The Balaban J connectivity index is 2.18. The molecular formula is C18H27N3O3. The molecule has 0 aliphatic heterocycles. The Labute approximate surface area is 142 Å². The summed E-state index contributed by atoms with van der Waals surface area (Å²) in [5.41, 5.74) is 6.52. The number of carbonyl (C=O) groups excluding carboxylic acids is 1. The van der Waals surface area contributed by atoms with Gasteiger partial charge in [-0.05, 0) is 58.6 Å². The van der Waals surface area contributed by atoms with Crippen LogP contribution in [0.4, 0.5) is 11.4 Å². The van der Waals surface area contributed by atoms with E-state index in [1.807, 2.05) is 13.8 Å². The maximum atomic E-state index is 10.8. The SMILES string of the molecule is CC(C)(O)c1cc(N)c(C=NC2CC(C(C)(C)O)C2)cc1NC=O. The van der Waals surface area contributed by atoms with E-state index in [2.05, 4.69) is 10.3 Å². The number of anilines is 2. The summed E-state index contributed by atoms with van der Waals surface area (Å²) in [4.78, 5) is 15.3. The number of hydrogen-bond donors (Lipinski definition) is 4. The highest BCUT2D eigenvalue weighted by atomic mass is 16.3. The molecule has 0 radical (unpaired) electrons. The lowest BCUT2D eigenvalue weighted by Crippen LogP contribution is -2.42. The van der Waals surface area contributed by atoms with Crippen molar-refractivity contribution in [1.29, 1.82) is 0 Å². The molecule has 24 heavy (non-hydrogen) atoms. The standard InChI is InChI=1S/C18H27N3O3/c1-17(2,23)12-6-13(7-12)20-9-11-5-16(21-10-22)14(8-15(11)19)18(3,4)24/h5,8-10,12-13,23-24H,6-7,19H2,1-4H3,(H,21,22). The van der Waals surface area contributed by atoms with Gasteiger partial charge in [-0.25, -0.2) is 0 Å². The number of aliphatic imine (C=N–C) groups is 1. The van der Waals surface area contributed by atoms with E-state index in [9.17, 15) is 15.0 Å². The molecular weight excluding hydrogens is 306 g/mol. The lowest BCUT2D eigenvalue weighted by molar-refractivity contribution is -0.105. The van der Waals surface area contributed by atoms with Crippen molar-refractivity contribution >= 4 is 24.0 Å². The van der Waals surface area contributed by atoms with Gasteiger partial charge < -0.3 is 21.3 Å². The molecule has 5 N–H and O–H groups in total. The number of benzene rings is 1. The fourth-order valence-electron chi connectivity index (χ4n) is 2.91. The Kier molecular flexibility index (Phi) is 5.01. The van der Waals surface area contributed by atoms with Gasteiger partial charge in [0, 0.05) is 28.7 Å². The molecule has 0 saturated heterocycles. The minimum Gasteiger partial charge on any atom is -0.398 e. The third-order valence-corrected chi connectivity index (χ3v) is 4.63. The predicted octanol–water partition coefficient (Wildman–Crippen LogP) is 2.03. The molecule has 1 aromatic rings. The fourth-order valence-corrected chi connectivity index (χ4v) is 2.91. The van der Waals surface area contributed by atoms with Crippen LogP contribution in [-0.2, 0) is 10.4 Å². The average molecular weight is 333 g/mol. The van der Waals surface area contributed by atoms with Gasteiger partial charge in [-0.1, -0.05) is 0 Å². The summed E-state index contributed by atoms with van der Waals surface area (Å²) >= 11 is 0. The molecule has 1 saturated carbocycles. The molecule has 6 heteroatoms. The van der Waals surface area contributed by atoms with E-state index in [0.29, 0.717) is 28.9 Å². The van der Waals surface area contributed by atoms with Gasteiger partial charge in [0.15, 0.2) is 0 Å². The van der Waals surface area contributed by atoms with Crippen LogP contribution in [-0.4, -0.2) is 34.5 Å². The van der Waals surface area contributed by atoms with Gasteiger partial charge in [0.1, 0.15) is 0 Å². The van der Waals surface area contributed by atoms with Gasteiger partial charge >= 0.3 is 0 Å². The van der Waals surface area contributed by atoms with Gasteiger partial charge in [0.25, 0.3) is 0 Å². The summed E-state index contributed by atoms with van der Waals surface area (Å²) in [7, 11) is 0. The van der Waals surface area contributed by atoms with E-state index in [4.69, 9.17) is 5.73 Å². The summed E-state index contributed by atoms with van der Waals surface area (Å²) in [6.07, 6.45) is 3.97. The van der Waals surface area contributed by atoms with Crippen LogP contribution in [0.5, 0.6) is 0 Å². The topological polar surface area (TPSA) is 108 Å². The Morgan fingerprint density at radius 1 is 1.25 bits per heavy atom. The number of nitrogens with two attached hydrogens (primary N) is 1. The first-order valence-electron chi connectivity index (χ1n) is 8.14. The number of rotatable bonds is 6. The van der Waals surface area contributed by atoms with Crippen molar-refractivity contribution in [1.82, 2.24) is 0 Å². The van der Waals surface area contributed by atoms with Crippen molar-refractivity contribution in [3.05, 3.63) is 23.3 Å². The second-order valence-corrected chi connectivity index (χ2v) is 7.60. The molecule has 0 aromatic heterocycles. The minimum absolute atomic E-state index is 0.178. The average Bonchev–Trinajstić information content (AvgIpc) is 2.37. The molecule has 1 fully saturated rings. The van der Waals surface area contributed by atoms with Crippen LogP contribution in [0, 0.1) is 5.92 Å². The summed E-state index contributed by atoms with van der Waals surface area (Å²) in [5.74, 6) is 0.266. The first kappa shape index (κ1) is 18.4. The third kappa shape index (κ3) is 4.13. The number of nitrogens with zero attached hydrogens (tertiary/aromatic N) is 1. The third-order valence-electron chi connectivity index (χ3n) is 4.63.